The summed E-state index contributed by atoms with van der Waals surface area (Å²) in [5.74, 6) is -2.31. The fourth-order valence-electron chi connectivity index (χ4n) is 1.59. The van der Waals surface area contributed by atoms with E-state index in [-0.39, 0.29) is 30.2 Å². The third kappa shape index (κ3) is 6.04. The Balaban J connectivity index is 2.94. The van der Waals surface area contributed by atoms with Crippen LogP contribution in [0.3, 0.4) is 0 Å². The summed E-state index contributed by atoms with van der Waals surface area (Å²) < 4.78 is 4.90. The summed E-state index contributed by atoms with van der Waals surface area (Å²) in [5, 5.41) is 13.5. The van der Waals surface area contributed by atoms with Crippen LogP contribution in [0, 0.1) is 0 Å². The van der Waals surface area contributed by atoms with Crippen molar-refractivity contribution in [3.63, 3.8) is 0 Å². The molecule has 0 bridgehead atoms. The van der Waals surface area contributed by atoms with Crippen molar-refractivity contribution in [2.24, 2.45) is 0 Å². The highest BCUT2D eigenvalue weighted by atomic mass is 16.5. The van der Waals surface area contributed by atoms with E-state index in [1.54, 1.807) is 0 Å². The van der Waals surface area contributed by atoms with E-state index in [4.69, 9.17) is 9.84 Å². The van der Waals surface area contributed by atoms with Gasteiger partial charge in [0, 0.05) is 26.3 Å². The first-order valence-corrected chi connectivity index (χ1v) is 6.39. The van der Waals surface area contributed by atoms with Crippen LogP contribution in [-0.4, -0.2) is 28.9 Å². The number of anilines is 2. The van der Waals surface area contributed by atoms with Gasteiger partial charge in [-0.05, 0) is 12.1 Å². The molecule has 1 rings (SSSR count). The first-order chi connectivity index (χ1) is 10.3. The molecule has 0 saturated carbocycles. The second-order valence-electron chi connectivity index (χ2n) is 4.42. The Morgan fingerprint density at radius 2 is 1.73 bits per heavy atom. The predicted octanol–water partition coefficient (Wildman–Crippen LogP) is 1.37. The molecule has 22 heavy (non-hydrogen) atoms. The Morgan fingerprint density at radius 3 is 2.27 bits per heavy atom. The number of hydrogen-bond donors (Lipinski definition) is 3. The number of carbonyl (C=O) groups is 4. The summed E-state index contributed by atoms with van der Waals surface area (Å²) in [6.07, 6.45) is -0.530. The summed E-state index contributed by atoms with van der Waals surface area (Å²) in [4.78, 5) is 44.2. The molecule has 0 aromatic heterocycles. The van der Waals surface area contributed by atoms with Gasteiger partial charge in [0.25, 0.3) is 0 Å². The lowest BCUT2D eigenvalue weighted by Crippen LogP contribution is -2.16. The van der Waals surface area contributed by atoms with Gasteiger partial charge in [0.1, 0.15) is 5.75 Å². The molecule has 0 spiro atoms. The Hall–Kier alpha value is -2.90. The summed E-state index contributed by atoms with van der Waals surface area (Å²) in [7, 11) is 0. The number of benzene rings is 1. The van der Waals surface area contributed by atoms with Crippen molar-refractivity contribution in [2.75, 3.05) is 10.6 Å². The lowest BCUT2D eigenvalue weighted by atomic mass is 10.2. The van der Waals surface area contributed by atoms with Gasteiger partial charge in [0.2, 0.25) is 11.8 Å². The standard InChI is InChI=1S/C14H16N2O6/c1-8(17)15-11-4-3-10(22-9(2)18)7-12(11)16-13(19)5-6-14(20)21/h3-4,7H,5-6H2,1-2H3,(H,15,17)(H,16,19)(H,20,21). The molecule has 0 heterocycles. The summed E-state index contributed by atoms with van der Waals surface area (Å²) >= 11 is 0. The molecule has 0 saturated heterocycles. The molecule has 1 aromatic rings. The zero-order valence-corrected chi connectivity index (χ0v) is 12.1. The van der Waals surface area contributed by atoms with Crippen LogP contribution in [0.2, 0.25) is 0 Å². The summed E-state index contributed by atoms with van der Waals surface area (Å²) in [5.41, 5.74) is 0.524. The van der Waals surface area contributed by atoms with E-state index in [2.05, 4.69) is 10.6 Å². The minimum Gasteiger partial charge on any atom is -0.481 e. The number of carboxylic acids is 1. The molecule has 1 aromatic carbocycles. The minimum atomic E-state index is -1.09. The van der Waals surface area contributed by atoms with Crippen molar-refractivity contribution in [3.8, 4) is 5.75 Å². The average molecular weight is 308 g/mol. The maximum atomic E-state index is 11.7. The minimum absolute atomic E-state index is 0.190. The molecule has 0 aliphatic heterocycles. The van der Waals surface area contributed by atoms with Crippen molar-refractivity contribution in [3.05, 3.63) is 18.2 Å². The van der Waals surface area contributed by atoms with Gasteiger partial charge in [-0.3, -0.25) is 19.2 Å². The van der Waals surface area contributed by atoms with Gasteiger partial charge < -0.3 is 20.5 Å². The first kappa shape index (κ1) is 17.2. The number of nitrogens with one attached hydrogen (secondary N) is 2. The monoisotopic (exact) mass is 308 g/mol. The first-order valence-electron chi connectivity index (χ1n) is 6.39. The van der Waals surface area contributed by atoms with Crippen LogP contribution in [0.4, 0.5) is 11.4 Å². The van der Waals surface area contributed by atoms with Crippen molar-refractivity contribution in [1.29, 1.82) is 0 Å². The van der Waals surface area contributed by atoms with Gasteiger partial charge in [0.15, 0.2) is 0 Å². The van der Waals surface area contributed by atoms with Crippen LogP contribution < -0.4 is 15.4 Å². The molecule has 118 valence electrons. The Labute approximate surface area is 126 Å². The molecular weight excluding hydrogens is 292 g/mol. The Bertz CT molecular complexity index is 611. The number of ether oxygens (including phenoxy) is 1. The fourth-order valence-corrected chi connectivity index (χ4v) is 1.59. The molecule has 0 aliphatic rings. The molecule has 0 radical (unpaired) electrons. The van der Waals surface area contributed by atoms with Crippen molar-refractivity contribution < 1.29 is 29.0 Å². The predicted molar refractivity (Wildman–Crippen MR) is 77.6 cm³/mol. The Kier molecular flexibility index (Phi) is 6.06. The number of hydrogen-bond acceptors (Lipinski definition) is 5. The van der Waals surface area contributed by atoms with E-state index < -0.39 is 17.8 Å². The number of carboxylic acid groups (broad SMARTS) is 1. The molecule has 0 unspecified atom stereocenters. The van der Waals surface area contributed by atoms with Crippen LogP contribution in [0.25, 0.3) is 0 Å². The highest BCUT2D eigenvalue weighted by Gasteiger charge is 2.12. The number of amides is 2. The SMILES string of the molecule is CC(=O)Nc1ccc(OC(C)=O)cc1NC(=O)CCC(=O)O. The second-order valence-corrected chi connectivity index (χ2v) is 4.42. The number of rotatable bonds is 6. The maximum absolute atomic E-state index is 11.7. The third-order valence-corrected chi connectivity index (χ3v) is 2.40. The fraction of sp³-hybridized carbons (Fsp3) is 0.286. The second kappa shape index (κ2) is 7.77. The van der Waals surface area contributed by atoms with E-state index in [9.17, 15) is 19.2 Å². The van der Waals surface area contributed by atoms with Crippen LogP contribution in [0.5, 0.6) is 5.75 Å². The third-order valence-electron chi connectivity index (χ3n) is 2.40. The number of aliphatic carboxylic acids is 1. The van der Waals surface area contributed by atoms with E-state index in [1.165, 1.54) is 32.0 Å². The molecule has 0 atom stereocenters. The van der Waals surface area contributed by atoms with Gasteiger partial charge in [-0.2, -0.15) is 0 Å². The topological polar surface area (TPSA) is 122 Å². The maximum Gasteiger partial charge on any atom is 0.308 e. The van der Waals surface area contributed by atoms with Crippen LogP contribution in [0.1, 0.15) is 26.7 Å². The summed E-state index contributed by atoms with van der Waals surface area (Å²) in [6.45, 7) is 2.53. The number of esters is 1. The molecule has 0 fully saturated rings. The van der Waals surface area contributed by atoms with E-state index >= 15 is 0 Å². The van der Waals surface area contributed by atoms with Gasteiger partial charge in [-0.25, -0.2) is 0 Å². The quantitative estimate of drug-likeness (QED) is 0.539. The zero-order valence-electron chi connectivity index (χ0n) is 12.1. The molecule has 0 aliphatic carbocycles. The molecule has 3 N–H and O–H groups in total. The van der Waals surface area contributed by atoms with Crippen molar-refractivity contribution in [1.82, 2.24) is 0 Å². The highest BCUT2D eigenvalue weighted by Crippen LogP contribution is 2.27. The van der Waals surface area contributed by atoms with Gasteiger partial charge in [-0.15, -0.1) is 0 Å². The van der Waals surface area contributed by atoms with Gasteiger partial charge in [-0.1, -0.05) is 0 Å². The van der Waals surface area contributed by atoms with Crippen LogP contribution >= 0.6 is 0 Å². The van der Waals surface area contributed by atoms with E-state index in [1.807, 2.05) is 0 Å². The number of carbonyl (C=O) groups excluding carboxylic acids is 3. The molecule has 8 nitrogen and oxygen atoms in total. The smallest absolute Gasteiger partial charge is 0.308 e. The highest BCUT2D eigenvalue weighted by molar-refractivity contribution is 5.99. The zero-order chi connectivity index (χ0) is 16.7. The lowest BCUT2D eigenvalue weighted by Gasteiger charge is -2.13. The van der Waals surface area contributed by atoms with Crippen molar-refractivity contribution >= 4 is 35.1 Å². The summed E-state index contributed by atoms with van der Waals surface area (Å²) in [6, 6.07) is 4.29. The molecular formula is C14H16N2O6. The van der Waals surface area contributed by atoms with E-state index in [0.717, 1.165) is 0 Å². The van der Waals surface area contributed by atoms with Gasteiger partial charge in [0.05, 0.1) is 17.8 Å². The average Bonchev–Trinajstić information content (AvgIpc) is 2.38. The molecule has 8 heteroatoms. The van der Waals surface area contributed by atoms with E-state index in [0.29, 0.717) is 5.69 Å². The van der Waals surface area contributed by atoms with Gasteiger partial charge >= 0.3 is 11.9 Å². The largest absolute Gasteiger partial charge is 0.481 e. The Morgan fingerprint density at radius 1 is 1.05 bits per heavy atom. The lowest BCUT2D eigenvalue weighted by molar-refractivity contribution is -0.138. The van der Waals surface area contributed by atoms with Crippen molar-refractivity contribution in [2.45, 2.75) is 26.7 Å². The normalized spacial score (nSPS) is 9.73. The van der Waals surface area contributed by atoms with Crippen LogP contribution in [-0.2, 0) is 19.2 Å². The van der Waals surface area contributed by atoms with Crippen LogP contribution in [0.15, 0.2) is 18.2 Å². The molecule has 2 amide bonds.